The van der Waals surface area contributed by atoms with Crippen molar-refractivity contribution in [3.05, 3.63) is 64.2 Å². The van der Waals surface area contributed by atoms with Crippen LogP contribution >= 0.6 is 11.6 Å². The summed E-state index contributed by atoms with van der Waals surface area (Å²) in [6.45, 7) is 5.02. The largest absolute Gasteiger partial charge is 0.342 e. The van der Waals surface area contributed by atoms with E-state index >= 15 is 0 Å². The van der Waals surface area contributed by atoms with Crippen molar-refractivity contribution < 1.29 is 9.59 Å². The van der Waals surface area contributed by atoms with Crippen molar-refractivity contribution in [2.24, 2.45) is 5.92 Å². The molecule has 0 aromatic heterocycles. The van der Waals surface area contributed by atoms with Gasteiger partial charge in [-0.15, -0.1) is 0 Å². The number of benzene rings is 2. The Kier molecular flexibility index (Phi) is 5.62. The van der Waals surface area contributed by atoms with Gasteiger partial charge in [0.2, 0.25) is 11.8 Å². The molecule has 1 N–H and O–H groups in total. The van der Waals surface area contributed by atoms with E-state index < -0.39 is 0 Å². The number of carbonyl (C=O) groups excluding carboxylic acids is 2. The second kappa shape index (κ2) is 7.92. The first kappa shape index (κ1) is 18.5. The minimum absolute atomic E-state index is 0.0358. The molecular formula is C21H23ClN2O2. The molecule has 0 radical (unpaired) electrons. The standard InChI is InChI=1S/C21H23ClN2O2/c1-14-5-3-6-15(2)20(14)23-21(26)17-12-19(25)24(13-17)10-9-16-7-4-8-18(22)11-16/h3-8,11,17H,9-10,12-13H2,1-2H3,(H,23,26). The number of nitrogens with zero attached hydrogens (tertiary/aromatic N) is 1. The van der Waals surface area contributed by atoms with Gasteiger partial charge in [-0.3, -0.25) is 9.59 Å². The van der Waals surface area contributed by atoms with Gasteiger partial charge in [0.15, 0.2) is 0 Å². The molecule has 2 aromatic carbocycles. The smallest absolute Gasteiger partial charge is 0.229 e. The summed E-state index contributed by atoms with van der Waals surface area (Å²) in [5.41, 5.74) is 4.00. The molecule has 4 nitrogen and oxygen atoms in total. The molecule has 0 bridgehead atoms. The van der Waals surface area contributed by atoms with E-state index in [1.54, 1.807) is 4.90 Å². The number of hydrogen-bond acceptors (Lipinski definition) is 2. The fourth-order valence-corrected chi connectivity index (χ4v) is 3.57. The van der Waals surface area contributed by atoms with Gasteiger partial charge < -0.3 is 10.2 Å². The van der Waals surface area contributed by atoms with E-state index in [1.165, 1.54) is 0 Å². The molecule has 1 aliphatic heterocycles. The fraction of sp³-hybridized carbons (Fsp3) is 0.333. The van der Waals surface area contributed by atoms with Gasteiger partial charge in [-0.1, -0.05) is 41.9 Å². The van der Waals surface area contributed by atoms with Crippen molar-refractivity contribution in [2.45, 2.75) is 26.7 Å². The van der Waals surface area contributed by atoms with E-state index in [4.69, 9.17) is 11.6 Å². The molecule has 3 rings (SSSR count). The summed E-state index contributed by atoms with van der Waals surface area (Å²) < 4.78 is 0. The van der Waals surface area contributed by atoms with Gasteiger partial charge in [-0.05, 0) is 49.1 Å². The second-order valence-corrected chi connectivity index (χ2v) is 7.31. The average molecular weight is 371 g/mol. The Bertz CT molecular complexity index is 814. The fourth-order valence-electron chi connectivity index (χ4n) is 3.36. The molecule has 2 aromatic rings. The van der Waals surface area contributed by atoms with Crippen LogP contribution in [0.3, 0.4) is 0 Å². The number of para-hydroxylation sites is 1. The van der Waals surface area contributed by atoms with Crippen LogP contribution in [-0.4, -0.2) is 29.8 Å². The molecule has 136 valence electrons. The number of hydrogen-bond donors (Lipinski definition) is 1. The summed E-state index contributed by atoms with van der Waals surface area (Å²) in [5.74, 6) is -0.351. The molecule has 1 fully saturated rings. The maximum absolute atomic E-state index is 12.6. The minimum Gasteiger partial charge on any atom is -0.342 e. The molecule has 1 aliphatic rings. The number of halogens is 1. The maximum atomic E-state index is 12.6. The molecule has 1 saturated heterocycles. The number of carbonyl (C=O) groups is 2. The summed E-state index contributed by atoms with van der Waals surface area (Å²) in [6, 6.07) is 13.6. The van der Waals surface area contributed by atoms with Crippen molar-refractivity contribution in [1.29, 1.82) is 0 Å². The van der Waals surface area contributed by atoms with Crippen molar-refractivity contribution in [1.82, 2.24) is 4.90 Å². The highest BCUT2D eigenvalue weighted by Gasteiger charge is 2.34. The highest BCUT2D eigenvalue weighted by Crippen LogP contribution is 2.24. The molecule has 26 heavy (non-hydrogen) atoms. The number of nitrogens with one attached hydrogen (secondary N) is 1. The first-order valence-electron chi connectivity index (χ1n) is 8.83. The third kappa shape index (κ3) is 4.25. The highest BCUT2D eigenvalue weighted by molar-refractivity contribution is 6.30. The molecular weight excluding hydrogens is 348 g/mol. The number of likely N-dealkylation sites (tertiary alicyclic amines) is 1. The zero-order chi connectivity index (χ0) is 18.7. The van der Waals surface area contributed by atoms with E-state index in [0.717, 1.165) is 28.8 Å². The molecule has 1 heterocycles. The number of anilines is 1. The summed E-state index contributed by atoms with van der Waals surface area (Å²) in [4.78, 5) is 26.7. The Morgan fingerprint density at radius 1 is 1.19 bits per heavy atom. The van der Waals surface area contributed by atoms with Crippen molar-refractivity contribution in [3.63, 3.8) is 0 Å². The quantitative estimate of drug-likeness (QED) is 0.865. The van der Waals surface area contributed by atoms with Crippen LogP contribution in [0.25, 0.3) is 0 Å². The van der Waals surface area contributed by atoms with Gasteiger partial charge in [0.1, 0.15) is 0 Å². The van der Waals surface area contributed by atoms with E-state index in [0.29, 0.717) is 18.1 Å². The van der Waals surface area contributed by atoms with Crippen LogP contribution in [0.4, 0.5) is 5.69 Å². The molecule has 5 heteroatoms. The minimum atomic E-state index is -0.305. The number of rotatable bonds is 5. The lowest BCUT2D eigenvalue weighted by Gasteiger charge is -2.17. The summed E-state index contributed by atoms with van der Waals surface area (Å²) >= 11 is 6.00. The Labute approximate surface area is 159 Å². The molecule has 0 aliphatic carbocycles. The van der Waals surface area contributed by atoms with Gasteiger partial charge in [0.25, 0.3) is 0 Å². The molecule has 0 saturated carbocycles. The lowest BCUT2D eigenvalue weighted by Crippen LogP contribution is -2.30. The first-order valence-corrected chi connectivity index (χ1v) is 9.21. The highest BCUT2D eigenvalue weighted by atomic mass is 35.5. The van der Waals surface area contributed by atoms with Crippen molar-refractivity contribution in [3.8, 4) is 0 Å². The van der Waals surface area contributed by atoms with Gasteiger partial charge in [-0.25, -0.2) is 0 Å². The topological polar surface area (TPSA) is 49.4 Å². The summed E-state index contributed by atoms with van der Waals surface area (Å²) in [7, 11) is 0. The average Bonchev–Trinajstić information content (AvgIpc) is 2.97. The number of aryl methyl sites for hydroxylation is 2. The van der Waals surface area contributed by atoms with E-state index in [9.17, 15) is 9.59 Å². The third-order valence-electron chi connectivity index (χ3n) is 4.87. The van der Waals surface area contributed by atoms with Gasteiger partial charge >= 0.3 is 0 Å². The molecule has 0 spiro atoms. The molecule has 2 amide bonds. The predicted octanol–water partition coefficient (Wildman–Crippen LogP) is 3.99. The van der Waals surface area contributed by atoms with E-state index in [1.807, 2.05) is 56.3 Å². The summed E-state index contributed by atoms with van der Waals surface area (Å²) in [6.07, 6.45) is 1.00. The Balaban J connectivity index is 1.59. The Hall–Kier alpha value is -2.33. The van der Waals surface area contributed by atoms with Crippen LogP contribution in [-0.2, 0) is 16.0 Å². The lowest BCUT2D eigenvalue weighted by atomic mass is 10.1. The van der Waals surface area contributed by atoms with Crippen LogP contribution in [0, 0.1) is 19.8 Å². The SMILES string of the molecule is Cc1cccc(C)c1NC(=O)C1CC(=O)N(CCc2cccc(Cl)c2)C1. The predicted molar refractivity (Wildman–Crippen MR) is 104 cm³/mol. The van der Waals surface area contributed by atoms with Crippen LogP contribution in [0.1, 0.15) is 23.1 Å². The van der Waals surface area contributed by atoms with E-state index in [2.05, 4.69) is 5.32 Å². The van der Waals surface area contributed by atoms with Crippen molar-refractivity contribution in [2.75, 3.05) is 18.4 Å². The van der Waals surface area contributed by atoms with E-state index in [-0.39, 0.29) is 24.2 Å². The van der Waals surface area contributed by atoms with Crippen LogP contribution in [0.2, 0.25) is 5.02 Å². The monoisotopic (exact) mass is 370 g/mol. The number of amides is 2. The third-order valence-corrected chi connectivity index (χ3v) is 5.11. The normalized spacial score (nSPS) is 16.8. The summed E-state index contributed by atoms with van der Waals surface area (Å²) in [5, 5.41) is 3.70. The molecule has 1 unspecified atom stereocenters. The lowest BCUT2D eigenvalue weighted by molar-refractivity contribution is -0.128. The first-order chi connectivity index (χ1) is 12.4. The Morgan fingerprint density at radius 3 is 2.58 bits per heavy atom. The van der Waals surface area contributed by atoms with Crippen LogP contribution < -0.4 is 5.32 Å². The van der Waals surface area contributed by atoms with Gasteiger partial charge in [0, 0.05) is 30.2 Å². The van der Waals surface area contributed by atoms with Gasteiger partial charge in [0.05, 0.1) is 5.92 Å². The zero-order valence-electron chi connectivity index (χ0n) is 15.1. The van der Waals surface area contributed by atoms with Crippen molar-refractivity contribution >= 4 is 29.1 Å². The Morgan fingerprint density at radius 2 is 1.88 bits per heavy atom. The zero-order valence-corrected chi connectivity index (χ0v) is 15.8. The van der Waals surface area contributed by atoms with Crippen LogP contribution in [0.5, 0.6) is 0 Å². The van der Waals surface area contributed by atoms with Gasteiger partial charge in [-0.2, -0.15) is 0 Å². The van der Waals surface area contributed by atoms with Crippen LogP contribution in [0.15, 0.2) is 42.5 Å². The maximum Gasteiger partial charge on any atom is 0.229 e. The molecule has 1 atom stereocenters. The second-order valence-electron chi connectivity index (χ2n) is 6.88.